The van der Waals surface area contributed by atoms with E-state index in [1.807, 2.05) is 0 Å². The van der Waals surface area contributed by atoms with Gasteiger partial charge in [0.1, 0.15) is 5.15 Å². The maximum atomic E-state index is 11.4. The van der Waals surface area contributed by atoms with Crippen molar-refractivity contribution in [2.75, 3.05) is 25.6 Å². The maximum Gasteiger partial charge on any atom is 0.360 e. The van der Waals surface area contributed by atoms with Crippen molar-refractivity contribution >= 4 is 23.4 Å². The summed E-state index contributed by atoms with van der Waals surface area (Å²) in [5.41, 5.74) is -0.0786. The molecule has 0 aliphatic rings. The van der Waals surface area contributed by atoms with Crippen LogP contribution in [0.2, 0.25) is 5.15 Å². The molecule has 0 aromatic carbocycles. The van der Waals surface area contributed by atoms with Crippen molar-refractivity contribution in [1.29, 1.82) is 0 Å². The van der Waals surface area contributed by atoms with E-state index in [-0.39, 0.29) is 23.2 Å². The Morgan fingerprint density at radius 3 is 3.00 bits per heavy atom. The predicted octanol–water partition coefficient (Wildman–Crippen LogP) is -0.318. The van der Waals surface area contributed by atoms with Gasteiger partial charge in [0.25, 0.3) is 0 Å². The van der Waals surface area contributed by atoms with Crippen LogP contribution in [0.15, 0.2) is 6.20 Å². The predicted molar refractivity (Wildman–Crippen MR) is 60.0 cm³/mol. The third-order valence-electron chi connectivity index (χ3n) is 1.84. The number of aliphatic hydroxyl groups is 2. The lowest BCUT2D eigenvalue weighted by molar-refractivity contribution is 0.0594. The molecular formula is C9H12ClN3O4. The molecule has 0 bridgehead atoms. The second kappa shape index (κ2) is 6.33. The van der Waals surface area contributed by atoms with E-state index in [2.05, 4.69) is 20.0 Å². The summed E-state index contributed by atoms with van der Waals surface area (Å²) in [5.74, 6) is -0.560. The number of hydrogen-bond donors (Lipinski definition) is 3. The number of methoxy groups -OCH3 is 1. The highest BCUT2D eigenvalue weighted by atomic mass is 35.5. The zero-order valence-corrected chi connectivity index (χ0v) is 9.81. The molecule has 0 spiro atoms. The van der Waals surface area contributed by atoms with E-state index in [0.717, 1.165) is 0 Å². The third kappa shape index (κ3) is 3.81. The van der Waals surface area contributed by atoms with Crippen molar-refractivity contribution in [3.05, 3.63) is 17.0 Å². The van der Waals surface area contributed by atoms with Gasteiger partial charge < -0.3 is 20.3 Å². The van der Waals surface area contributed by atoms with Gasteiger partial charge in [0.15, 0.2) is 11.5 Å². The van der Waals surface area contributed by atoms with Gasteiger partial charge in [-0.2, -0.15) is 0 Å². The SMILES string of the molecule is COC(=O)c1nc(Cl)cnc1NCC(O)CO. The Morgan fingerprint density at radius 1 is 1.71 bits per heavy atom. The number of rotatable bonds is 5. The third-order valence-corrected chi connectivity index (χ3v) is 2.02. The number of aliphatic hydroxyl groups excluding tert-OH is 2. The zero-order chi connectivity index (χ0) is 12.8. The summed E-state index contributed by atoms with van der Waals surface area (Å²) >= 11 is 5.61. The van der Waals surface area contributed by atoms with E-state index < -0.39 is 18.7 Å². The lowest BCUT2D eigenvalue weighted by Gasteiger charge is -2.11. The van der Waals surface area contributed by atoms with Crippen LogP contribution in [0.1, 0.15) is 10.5 Å². The number of hydrogen-bond acceptors (Lipinski definition) is 7. The van der Waals surface area contributed by atoms with Crippen molar-refractivity contribution in [3.8, 4) is 0 Å². The molecule has 94 valence electrons. The van der Waals surface area contributed by atoms with Crippen LogP contribution in [0.4, 0.5) is 5.82 Å². The van der Waals surface area contributed by atoms with Crippen LogP contribution in [-0.2, 0) is 4.74 Å². The number of ether oxygens (including phenoxy) is 1. The molecule has 1 rings (SSSR count). The molecule has 0 radical (unpaired) electrons. The molecule has 0 aliphatic heterocycles. The second-order valence-corrected chi connectivity index (χ2v) is 3.49. The number of nitrogens with zero attached hydrogens (tertiary/aromatic N) is 2. The molecule has 17 heavy (non-hydrogen) atoms. The molecule has 8 heteroatoms. The smallest absolute Gasteiger partial charge is 0.360 e. The van der Waals surface area contributed by atoms with E-state index in [1.165, 1.54) is 13.3 Å². The summed E-state index contributed by atoms with van der Waals surface area (Å²) in [5, 5.41) is 20.5. The Bertz CT molecular complexity index is 402. The molecule has 0 amide bonds. The number of nitrogens with one attached hydrogen (secondary N) is 1. The minimum Gasteiger partial charge on any atom is -0.464 e. The van der Waals surface area contributed by atoms with E-state index >= 15 is 0 Å². The lowest BCUT2D eigenvalue weighted by atomic mass is 10.3. The molecule has 0 fully saturated rings. The van der Waals surface area contributed by atoms with Gasteiger partial charge in [0.2, 0.25) is 0 Å². The summed E-state index contributed by atoms with van der Waals surface area (Å²) in [6, 6.07) is 0. The molecule has 0 aliphatic carbocycles. The zero-order valence-electron chi connectivity index (χ0n) is 9.05. The fourth-order valence-electron chi connectivity index (χ4n) is 1.01. The average molecular weight is 262 g/mol. The fourth-order valence-corrected chi connectivity index (χ4v) is 1.15. The number of halogens is 1. The van der Waals surface area contributed by atoms with Crippen molar-refractivity contribution in [2.24, 2.45) is 0 Å². The molecule has 1 atom stereocenters. The molecule has 7 nitrogen and oxygen atoms in total. The van der Waals surface area contributed by atoms with Gasteiger partial charge in [-0.25, -0.2) is 14.8 Å². The largest absolute Gasteiger partial charge is 0.464 e. The first-order valence-corrected chi connectivity index (χ1v) is 5.10. The highest BCUT2D eigenvalue weighted by molar-refractivity contribution is 6.29. The van der Waals surface area contributed by atoms with Crippen LogP contribution in [0.25, 0.3) is 0 Å². The van der Waals surface area contributed by atoms with E-state index in [0.29, 0.717) is 0 Å². The molecule has 1 heterocycles. The van der Waals surface area contributed by atoms with Gasteiger partial charge in [-0.1, -0.05) is 11.6 Å². The lowest BCUT2D eigenvalue weighted by Crippen LogP contribution is -2.24. The second-order valence-electron chi connectivity index (χ2n) is 3.10. The van der Waals surface area contributed by atoms with Gasteiger partial charge >= 0.3 is 5.97 Å². The summed E-state index contributed by atoms with van der Waals surface area (Å²) in [4.78, 5) is 19.0. The molecule has 1 aromatic heterocycles. The molecule has 1 aromatic rings. The number of carbonyl (C=O) groups is 1. The normalized spacial score (nSPS) is 12.0. The molecule has 0 saturated carbocycles. The van der Waals surface area contributed by atoms with Gasteiger partial charge in [0, 0.05) is 6.54 Å². The van der Waals surface area contributed by atoms with E-state index in [1.54, 1.807) is 0 Å². The van der Waals surface area contributed by atoms with Crippen molar-refractivity contribution in [3.63, 3.8) is 0 Å². The van der Waals surface area contributed by atoms with Gasteiger partial charge in [-0.3, -0.25) is 0 Å². The number of aromatic nitrogens is 2. The molecule has 0 saturated heterocycles. The highest BCUT2D eigenvalue weighted by Gasteiger charge is 2.16. The first kappa shape index (κ1) is 13.6. The van der Waals surface area contributed by atoms with Crippen LogP contribution in [0.5, 0.6) is 0 Å². The van der Waals surface area contributed by atoms with E-state index in [4.69, 9.17) is 21.8 Å². The summed E-state index contributed by atoms with van der Waals surface area (Å²) < 4.78 is 4.51. The standard InChI is InChI=1S/C9H12ClN3O4/c1-17-9(16)7-8(11-2-5(15)4-14)12-3-6(10)13-7/h3,5,14-15H,2,4H2,1H3,(H,11,12). The minimum atomic E-state index is -0.960. The Balaban J connectivity index is 2.86. The Hall–Kier alpha value is -1.44. The van der Waals surface area contributed by atoms with E-state index in [9.17, 15) is 4.79 Å². The summed E-state index contributed by atoms with van der Waals surface area (Å²) in [6.07, 6.45) is 0.291. The molecular weight excluding hydrogens is 250 g/mol. The first-order valence-electron chi connectivity index (χ1n) is 4.72. The van der Waals surface area contributed by atoms with Crippen molar-refractivity contribution < 1.29 is 19.7 Å². The van der Waals surface area contributed by atoms with Crippen LogP contribution in [0, 0.1) is 0 Å². The summed E-state index contributed by atoms with van der Waals surface area (Å²) in [6.45, 7) is -0.377. The first-order chi connectivity index (χ1) is 8.08. The number of anilines is 1. The fraction of sp³-hybridized carbons (Fsp3) is 0.444. The average Bonchev–Trinajstić information content (AvgIpc) is 2.35. The Labute approximate surface area is 102 Å². The maximum absolute atomic E-state index is 11.4. The van der Waals surface area contributed by atoms with Gasteiger partial charge in [-0.15, -0.1) is 0 Å². The van der Waals surface area contributed by atoms with Crippen LogP contribution in [-0.4, -0.2) is 52.5 Å². The highest BCUT2D eigenvalue weighted by Crippen LogP contribution is 2.14. The quantitative estimate of drug-likeness (QED) is 0.624. The van der Waals surface area contributed by atoms with Gasteiger partial charge in [0.05, 0.1) is 26.0 Å². The number of esters is 1. The van der Waals surface area contributed by atoms with Crippen molar-refractivity contribution in [1.82, 2.24) is 9.97 Å². The monoisotopic (exact) mass is 261 g/mol. The molecule has 1 unspecified atom stereocenters. The topological polar surface area (TPSA) is 105 Å². The van der Waals surface area contributed by atoms with Crippen LogP contribution in [0.3, 0.4) is 0 Å². The van der Waals surface area contributed by atoms with Gasteiger partial charge in [-0.05, 0) is 0 Å². The Morgan fingerprint density at radius 2 is 2.41 bits per heavy atom. The van der Waals surface area contributed by atoms with Crippen molar-refractivity contribution in [2.45, 2.75) is 6.10 Å². The summed E-state index contributed by atoms with van der Waals surface area (Å²) in [7, 11) is 1.21. The minimum absolute atomic E-state index is 0.0246. The van der Waals surface area contributed by atoms with Crippen LogP contribution >= 0.6 is 11.6 Å². The number of carbonyl (C=O) groups excluding carboxylic acids is 1. The van der Waals surface area contributed by atoms with Crippen LogP contribution < -0.4 is 5.32 Å². The Kier molecular flexibility index (Phi) is 5.08. The molecule has 3 N–H and O–H groups in total.